The van der Waals surface area contributed by atoms with Gasteiger partial charge >= 0.3 is 0 Å². The van der Waals surface area contributed by atoms with Gasteiger partial charge in [-0.25, -0.2) is 26.9 Å². The fourth-order valence-electron chi connectivity index (χ4n) is 3.89. The molecule has 190 valence electrons. The lowest BCUT2D eigenvalue weighted by Crippen LogP contribution is -2.52. The zero-order chi connectivity index (χ0) is 26.0. The Hall–Kier alpha value is -3.80. The number of aromatic amines is 1. The van der Waals surface area contributed by atoms with Gasteiger partial charge < -0.3 is 15.0 Å². The summed E-state index contributed by atoms with van der Waals surface area (Å²) in [4.78, 5) is 32.1. The van der Waals surface area contributed by atoms with Crippen molar-refractivity contribution in [1.82, 2.24) is 14.9 Å². The summed E-state index contributed by atoms with van der Waals surface area (Å²) in [6.45, 7) is 1.46. The van der Waals surface area contributed by atoms with Crippen LogP contribution in [0, 0.1) is 17.5 Å². The molecule has 2 atom stereocenters. The number of nitrogens with one attached hydrogen (secondary N) is 2. The van der Waals surface area contributed by atoms with Gasteiger partial charge in [-0.05, 0) is 24.6 Å². The van der Waals surface area contributed by atoms with E-state index < -0.39 is 59.0 Å². The summed E-state index contributed by atoms with van der Waals surface area (Å²) < 4.78 is 74.5. The number of carbonyl (C=O) groups is 1. The van der Waals surface area contributed by atoms with E-state index in [4.69, 9.17) is 4.74 Å². The number of alkyl halides is 2. The highest BCUT2D eigenvalue weighted by molar-refractivity contribution is 5.93. The summed E-state index contributed by atoms with van der Waals surface area (Å²) in [5.74, 6) is -8.86. The van der Waals surface area contributed by atoms with E-state index >= 15 is 0 Å². The second kappa shape index (κ2) is 10.1. The molecule has 1 saturated heterocycles. The van der Waals surface area contributed by atoms with Gasteiger partial charge in [-0.2, -0.15) is 0 Å². The van der Waals surface area contributed by atoms with Gasteiger partial charge in [0.15, 0.2) is 23.2 Å². The number of anilines is 1. The van der Waals surface area contributed by atoms with Crippen LogP contribution in [0.15, 0.2) is 53.6 Å². The highest BCUT2D eigenvalue weighted by Crippen LogP contribution is 2.40. The van der Waals surface area contributed by atoms with Crippen LogP contribution < -0.4 is 15.6 Å². The van der Waals surface area contributed by atoms with Crippen LogP contribution in [-0.4, -0.2) is 45.8 Å². The Morgan fingerprint density at radius 1 is 1.17 bits per heavy atom. The van der Waals surface area contributed by atoms with Crippen molar-refractivity contribution < 1.29 is 31.5 Å². The highest BCUT2D eigenvalue weighted by atomic mass is 19.3. The first-order valence-electron chi connectivity index (χ1n) is 10.9. The number of ether oxygens (including phenoxy) is 1. The molecule has 4 rings (SSSR count). The van der Waals surface area contributed by atoms with Gasteiger partial charge in [0, 0.05) is 43.9 Å². The number of rotatable bonds is 6. The molecule has 3 aromatic rings. The summed E-state index contributed by atoms with van der Waals surface area (Å²) in [5.41, 5.74) is -0.131. The standard InChI is InChI=1S/C24H21F5N4O3/c1-13(33-7-6-24(28,29)16(12-33)14-2-5-22(34)31-10-14)23(35)32-21-4-3-15(11-30-21)36-20-9-18(26)17(25)8-19(20)27/h2-5,8-11,13,16H,6-7,12H2,1H3,(H,31,34)(H,30,32,35)/t13-,16+/m0/s1. The highest BCUT2D eigenvalue weighted by Gasteiger charge is 2.46. The second-order valence-electron chi connectivity index (χ2n) is 8.39. The number of carbonyl (C=O) groups excluding carboxylic acids is 1. The Kier molecular flexibility index (Phi) is 7.07. The average molecular weight is 508 g/mol. The van der Waals surface area contributed by atoms with Crippen molar-refractivity contribution in [2.45, 2.75) is 31.2 Å². The number of benzene rings is 1. The molecule has 1 aromatic carbocycles. The van der Waals surface area contributed by atoms with E-state index in [1.54, 1.807) is 11.8 Å². The van der Waals surface area contributed by atoms with E-state index in [0.29, 0.717) is 12.1 Å². The zero-order valence-electron chi connectivity index (χ0n) is 18.9. The van der Waals surface area contributed by atoms with Crippen molar-refractivity contribution in [3.05, 3.63) is 82.2 Å². The molecule has 2 aromatic heterocycles. The Labute approximate surface area is 201 Å². The summed E-state index contributed by atoms with van der Waals surface area (Å²) >= 11 is 0. The average Bonchev–Trinajstić information content (AvgIpc) is 2.84. The molecule has 1 fully saturated rings. The van der Waals surface area contributed by atoms with Crippen molar-refractivity contribution in [1.29, 1.82) is 0 Å². The quantitative estimate of drug-likeness (QED) is 0.380. The molecule has 1 amide bonds. The summed E-state index contributed by atoms with van der Waals surface area (Å²) in [6.07, 6.45) is 1.95. The number of H-pyrrole nitrogens is 1. The molecule has 2 N–H and O–H groups in total. The van der Waals surface area contributed by atoms with Crippen LogP contribution in [0.3, 0.4) is 0 Å². The van der Waals surface area contributed by atoms with Crippen molar-refractivity contribution in [2.24, 2.45) is 0 Å². The molecular formula is C24H21F5N4O3. The number of halogens is 5. The van der Waals surface area contributed by atoms with Gasteiger partial charge in [0.1, 0.15) is 11.6 Å². The summed E-state index contributed by atoms with van der Waals surface area (Å²) in [6, 6.07) is 5.36. The van der Waals surface area contributed by atoms with Crippen molar-refractivity contribution in [2.75, 3.05) is 18.4 Å². The van der Waals surface area contributed by atoms with Crippen LogP contribution in [-0.2, 0) is 4.79 Å². The minimum atomic E-state index is -3.00. The third-order valence-electron chi connectivity index (χ3n) is 5.99. The molecule has 0 bridgehead atoms. The summed E-state index contributed by atoms with van der Waals surface area (Å²) in [5, 5.41) is 2.57. The second-order valence-corrected chi connectivity index (χ2v) is 8.39. The van der Waals surface area contributed by atoms with E-state index in [2.05, 4.69) is 15.3 Å². The molecule has 0 spiro atoms. The van der Waals surface area contributed by atoms with Gasteiger partial charge in [-0.15, -0.1) is 0 Å². The van der Waals surface area contributed by atoms with Crippen molar-refractivity contribution in [3.8, 4) is 11.5 Å². The van der Waals surface area contributed by atoms with Crippen LogP contribution >= 0.6 is 0 Å². The molecule has 0 aliphatic carbocycles. The van der Waals surface area contributed by atoms with Crippen LogP contribution in [0.1, 0.15) is 24.8 Å². The minimum absolute atomic E-state index is 0.00737. The monoisotopic (exact) mass is 508 g/mol. The first-order chi connectivity index (χ1) is 17.0. The molecule has 0 radical (unpaired) electrons. The van der Waals surface area contributed by atoms with Gasteiger partial charge in [-0.1, -0.05) is 6.07 Å². The Bertz CT molecular complexity index is 1300. The zero-order valence-corrected chi connectivity index (χ0v) is 18.9. The first kappa shape index (κ1) is 25.3. The molecule has 0 saturated carbocycles. The maximum Gasteiger partial charge on any atom is 0.257 e. The lowest BCUT2D eigenvalue weighted by Gasteiger charge is -2.40. The Morgan fingerprint density at radius 3 is 2.58 bits per heavy atom. The molecule has 12 heteroatoms. The number of pyridine rings is 2. The molecule has 0 unspecified atom stereocenters. The molecule has 1 aliphatic heterocycles. The third-order valence-corrected chi connectivity index (χ3v) is 5.99. The molecule has 36 heavy (non-hydrogen) atoms. The lowest BCUT2D eigenvalue weighted by atomic mass is 9.87. The van der Waals surface area contributed by atoms with Crippen LogP contribution in [0.2, 0.25) is 0 Å². The van der Waals surface area contributed by atoms with Crippen molar-refractivity contribution in [3.63, 3.8) is 0 Å². The number of hydrogen-bond donors (Lipinski definition) is 2. The number of hydrogen-bond acceptors (Lipinski definition) is 5. The predicted octanol–water partition coefficient (Wildman–Crippen LogP) is 4.43. The number of likely N-dealkylation sites (tertiary alicyclic amines) is 1. The number of piperidine rings is 1. The maximum atomic E-state index is 14.6. The van der Waals surface area contributed by atoms with Gasteiger partial charge in [-0.3, -0.25) is 14.5 Å². The smallest absolute Gasteiger partial charge is 0.257 e. The van der Waals surface area contributed by atoms with Gasteiger partial charge in [0.25, 0.3) is 5.92 Å². The topological polar surface area (TPSA) is 87.3 Å². The van der Waals surface area contributed by atoms with E-state index in [-0.39, 0.29) is 30.2 Å². The maximum absolute atomic E-state index is 14.6. The predicted molar refractivity (Wildman–Crippen MR) is 120 cm³/mol. The SMILES string of the molecule is C[C@@H](C(=O)Nc1ccc(Oc2cc(F)c(F)cc2F)cn1)N1CCC(F)(F)[C@@H](c2ccc(=O)[nH]c2)C1. The number of aromatic nitrogens is 2. The fraction of sp³-hybridized carbons (Fsp3) is 0.292. The minimum Gasteiger partial charge on any atom is -0.453 e. The van der Waals surface area contributed by atoms with Crippen LogP contribution in [0.25, 0.3) is 0 Å². The molecular weight excluding hydrogens is 487 g/mol. The van der Waals surface area contributed by atoms with Gasteiger partial charge in [0.05, 0.1) is 18.2 Å². The lowest BCUT2D eigenvalue weighted by molar-refractivity contribution is -0.125. The Balaban J connectivity index is 1.40. The molecule has 3 heterocycles. The van der Waals surface area contributed by atoms with E-state index in [1.807, 2.05) is 0 Å². The van der Waals surface area contributed by atoms with Crippen LogP contribution in [0.5, 0.6) is 11.5 Å². The number of nitrogens with zero attached hydrogens (tertiary/aromatic N) is 2. The van der Waals surface area contributed by atoms with E-state index in [1.165, 1.54) is 30.5 Å². The van der Waals surface area contributed by atoms with E-state index in [9.17, 15) is 31.5 Å². The first-order valence-corrected chi connectivity index (χ1v) is 10.9. The third kappa shape index (κ3) is 5.54. The number of amides is 1. The van der Waals surface area contributed by atoms with Crippen LogP contribution in [0.4, 0.5) is 27.8 Å². The Morgan fingerprint density at radius 2 is 1.92 bits per heavy atom. The van der Waals surface area contributed by atoms with E-state index in [0.717, 1.165) is 6.20 Å². The molecule has 7 nitrogen and oxygen atoms in total. The largest absolute Gasteiger partial charge is 0.453 e. The normalized spacial score (nSPS) is 18.4. The van der Waals surface area contributed by atoms with Gasteiger partial charge in [0.2, 0.25) is 11.5 Å². The van der Waals surface area contributed by atoms with Crippen molar-refractivity contribution >= 4 is 11.7 Å². The fourth-order valence-corrected chi connectivity index (χ4v) is 3.89. The molecule has 1 aliphatic rings. The summed E-state index contributed by atoms with van der Waals surface area (Å²) in [7, 11) is 0.